The molecule has 0 radical (unpaired) electrons. The summed E-state index contributed by atoms with van der Waals surface area (Å²) in [5.74, 6) is 0. The van der Waals surface area contributed by atoms with Crippen LogP contribution in [-0.4, -0.2) is 4.98 Å². The number of pyridine rings is 1. The predicted octanol–water partition coefficient (Wildman–Crippen LogP) is 3.12. The topological polar surface area (TPSA) is 34.8 Å². The van der Waals surface area contributed by atoms with Crippen LogP contribution in [0.25, 0.3) is 0 Å². The average molecular weight is 231 g/mol. The van der Waals surface area contributed by atoms with E-state index in [1.165, 1.54) is 5.56 Å². The van der Waals surface area contributed by atoms with E-state index in [4.69, 9.17) is 11.6 Å². The molecule has 0 bridgehead atoms. The van der Waals surface area contributed by atoms with Crippen LogP contribution in [0.4, 0.5) is 0 Å². The molecule has 2 heterocycles. The first-order chi connectivity index (χ1) is 7.84. The van der Waals surface area contributed by atoms with Crippen molar-refractivity contribution >= 4 is 11.6 Å². The average Bonchev–Trinajstić information content (AvgIpc) is 3.11. The molecule has 0 unspecified atom stereocenters. The maximum atomic E-state index is 5.86. The second-order valence-corrected chi connectivity index (χ2v) is 4.36. The number of nitrogens with zero attached hydrogens (tertiary/aromatic N) is 1. The molecule has 0 spiro atoms. The normalized spacial score (nSPS) is 23.1. The van der Waals surface area contributed by atoms with Crippen molar-refractivity contribution in [3.8, 4) is 0 Å². The van der Waals surface area contributed by atoms with Crippen LogP contribution in [0.3, 0.4) is 0 Å². The highest BCUT2D eigenvalue weighted by atomic mass is 35.5. The van der Waals surface area contributed by atoms with Crippen LogP contribution in [0.15, 0.2) is 48.7 Å². The Morgan fingerprint density at radius 3 is 2.50 bits per heavy atom. The molecule has 2 atom stereocenters. The van der Waals surface area contributed by atoms with Gasteiger partial charge in [-0.1, -0.05) is 29.8 Å². The van der Waals surface area contributed by atoms with Gasteiger partial charge in [0.05, 0.1) is 17.8 Å². The van der Waals surface area contributed by atoms with Crippen molar-refractivity contribution < 1.29 is 0 Å². The number of halogens is 1. The molecule has 1 saturated heterocycles. The van der Waals surface area contributed by atoms with Crippen LogP contribution in [0.5, 0.6) is 0 Å². The highest BCUT2D eigenvalue weighted by Crippen LogP contribution is 2.41. The monoisotopic (exact) mass is 230 g/mol. The summed E-state index contributed by atoms with van der Waals surface area (Å²) in [4.78, 5) is 4.35. The molecule has 0 saturated carbocycles. The third-order valence-corrected chi connectivity index (χ3v) is 3.07. The van der Waals surface area contributed by atoms with Gasteiger partial charge >= 0.3 is 0 Å². The first-order valence-corrected chi connectivity index (χ1v) is 5.65. The zero-order valence-corrected chi connectivity index (χ0v) is 9.35. The molecule has 1 aliphatic heterocycles. The zero-order valence-electron chi connectivity index (χ0n) is 8.60. The van der Waals surface area contributed by atoms with E-state index >= 15 is 0 Å². The molecule has 0 amide bonds. The van der Waals surface area contributed by atoms with Gasteiger partial charge in [-0.15, -0.1) is 0 Å². The van der Waals surface area contributed by atoms with Gasteiger partial charge in [-0.2, -0.15) is 0 Å². The first kappa shape index (κ1) is 9.82. The maximum Gasteiger partial charge on any atom is 0.0698 e. The Kier molecular flexibility index (Phi) is 2.39. The third kappa shape index (κ3) is 1.82. The van der Waals surface area contributed by atoms with Crippen LogP contribution in [0.2, 0.25) is 5.02 Å². The quantitative estimate of drug-likeness (QED) is 0.805. The number of aromatic nitrogens is 1. The lowest BCUT2D eigenvalue weighted by Gasteiger charge is -1.98. The van der Waals surface area contributed by atoms with E-state index in [9.17, 15) is 0 Å². The molecule has 80 valence electrons. The Hall–Kier alpha value is -1.38. The molecule has 0 aliphatic carbocycles. The molecule has 16 heavy (non-hydrogen) atoms. The highest BCUT2D eigenvalue weighted by molar-refractivity contribution is 6.30. The second kappa shape index (κ2) is 3.89. The van der Waals surface area contributed by atoms with Gasteiger partial charge in [0.2, 0.25) is 0 Å². The Balaban J connectivity index is 1.79. The third-order valence-electron chi connectivity index (χ3n) is 2.82. The Morgan fingerprint density at radius 2 is 1.81 bits per heavy atom. The van der Waals surface area contributed by atoms with Crippen molar-refractivity contribution in [1.29, 1.82) is 0 Å². The summed E-state index contributed by atoms with van der Waals surface area (Å²) in [6, 6.07) is 14.7. The fourth-order valence-corrected chi connectivity index (χ4v) is 2.04. The minimum atomic E-state index is 0.349. The first-order valence-electron chi connectivity index (χ1n) is 5.27. The number of benzene rings is 1. The van der Waals surface area contributed by atoms with Crippen molar-refractivity contribution in [1.82, 2.24) is 10.3 Å². The summed E-state index contributed by atoms with van der Waals surface area (Å²) in [6.07, 6.45) is 1.83. The van der Waals surface area contributed by atoms with Crippen molar-refractivity contribution in [2.75, 3.05) is 0 Å². The number of hydrogen-bond donors (Lipinski definition) is 1. The highest BCUT2D eigenvalue weighted by Gasteiger charge is 2.39. The molecule has 3 heteroatoms. The predicted molar refractivity (Wildman–Crippen MR) is 64.3 cm³/mol. The van der Waals surface area contributed by atoms with Crippen LogP contribution in [0, 0.1) is 0 Å². The van der Waals surface area contributed by atoms with Gasteiger partial charge in [0, 0.05) is 11.2 Å². The van der Waals surface area contributed by atoms with E-state index in [0.717, 1.165) is 10.7 Å². The van der Waals surface area contributed by atoms with Gasteiger partial charge in [-0.05, 0) is 29.8 Å². The van der Waals surface area contributed by atoms with E-state index in [2.05, 4.69) is 22.4 Å². The molecule has 1 fully saturated rings. The van der Waals surface area contributed by atoms with Crippen molar-refractivity contribution in [3.63, 3.8) is 0 Å². The lowest BCUT2D eigenvalue weighted by Crippen LogP contribution is -1.87. The van der Waals surface area contributed by atoms with Gasteiger partial charge in [-0.3, -0.25) is 10.3 Å². The second-order valence-electron chi connectivity index (χ2n) is 3.93. The van der Waals surface area contributed by atoms with Crippen molar-refractivity contribution in [3.05, 3.63) is 64.9 Å². The molecule has 3 rings (SSSR count). The minimum absolute atomic E-state index is 0.349. The summed E-state index contributed by atoms with van der Waals surface area (Å²) in [5.41, 5.74) is 2.36. The molecule has 1 aromatic heterocycles. The van der Waals surface area contributed by atoms with E-state index in [-0.39, 0.29) is 0 Å². The standard InChI is InChI=1S/C13H11ClN2/c14-10-6-4-9(5-7-10)12-13(16-12)11-3-1-2-8-15-11/h1-8,12-13,16H/t12-,13-/m0/s1. The lowest BCUT2D eigenvalue weighted by atomic mass is 10.1. The van der Waals surface area contributed by atoms with Gasteiger partial charge in [-0.25, -0.2) is 0 Å². The Labute approximate surface area is 99.3 Å². The zero-order chi connectivity index (χ0) is 11.0. The summed E-state index contributed by atoms with van der Waals surface area (Å²) in [6.45, 7) is 0. The van der Waals surface area contributed by atoms with E-state index in [1.54, 1.807) is 0 Å². The van der Waals surface area contributed by atoms with Crippen molar-refractivity contribution in [2.24, 2.45) is 0 Å². The minimum Gasteiger partial charge on any atom is -0.298 e. The summed E-state index contributed by atoms with van der Waals surface area (Å²) in [7, 11) is 0. The van der Waals surface area contributed by atoms with Crippen molar-refractivity contribution in [2.45, 2.75) is 12.1 Å². The van der Waals surface area contributed by atoms with Crippen LogP contribution in [0.1, 0.15) is 23.3 Å². The molecule has 2 aromatic rings. The van der Waals surface area contributed by atoms with Crippen LogP contribution in [-0.2, 0) is 0 Å². The molecular formula is C13H11ClN2. The van der Waals surface area contributed by atoms with Crippen LogP contribution >= 0.6 is 11.6 Å². The fourth-order valence-electron chi connectivity index (χ4n) is 1.91. The summed E-state index contributed by atoms with van der Waals surface area (Å²) in [5, 5.41) is 4.19. The Bertz CT molecular complexity index is 481. The van der Waals surface area contributed by atoms with E-state index in [1.807, 2.05) is 36.5 Å². The smallest absolute Gasteiger partial charge is 0.0698 e. The van der Waals surface area contributed by atoms with E-state index in [0.29, 0.717) is 12.1 Å². The summed E-state index contributed by atoms with van der Waals surface area (Å²) >= 11 is 5.86. The van der Waals surface area contributed by atoms with Gasteiger partial charge < -0.3 is 0 Å². The van der Waals surface area contributed by atoms with Gasteiger partial charge in [0.25, 0.3) is 0 Å². The SMILES string of the molecule is Clc1ccc([C@@H]2N[C@H]2c2ccccn2)cc1. The Morgan fingerprint density at radius 1 is 1.00 bits per heavy atom. The number of hydrogen-bond acceptors (Lipinski definition) is 2. The maximum absolute atomic E-state index is 5.86. The largest absolute Gasteiger partial charge is 0.298 e. The molecule has 1 N–H and O–H groups in total. The lowest BCUT2D eigenvalue weighted by molar-refractivity contribution is 0.962. The number of rotatable bonds is 2. The molecule has 1 aromatic carbocycles. The number of nitrogens with one attached hydrogen (secondary N) is 1. The fraction of sp³-hybridized carbons (Fsp3) is 0.154. The molecule has 1 aliphatic rings. The van der Waals surface area contributed by atoms with Crippen LogP contribution < -0.4 is 5.32 Å². The van der Waals surface area contributed by atoms with Gasteiger partial charge in [0.1, 0.15) is 0 Å². The van der Waals surface area contributed by atoms with E-state index < -0.39 is 0 Å². The molecule has 2 nitrogen and oxygen atoms in total. The van der Waals surface area contributed by atoms with Gasteiger partial charge in [0.15, 0.2) is 0 Å². The molecular weight excluding hydrogens is 220 g/mol. The summed E-state index contributed by atoms with van der Waals surface area (Å²) < 4.78 is 0.